The average Bonchev–Trinajstić information content (AvgIpc) is 3.13. The molecule has 1 amide bonds. The number of halogens is 1. The van der Waals surface area contributed by atoms with Crippen LogP contribution in [0.2, 0.25) is 5.02 Å². The Morgan fingerprint density at radius 2 is 1.77 bits per heavy atom. The maximum atomic E-state index is 12.5. The maximum Gasteiger partial charge on any atom is 0.234 e. The molecule has 1 saturated heterocycles. The van der Waals surface area contributed by atoms with Crippen LogP contribution >= 0.6 is 23.4 Å². The summed E-state index contributed by atoms with van der Waals surface area (Å²) in [5.74, 6) is 0.208. The molecule has 7 heteroatoms. The second kappa shape index (κ2) is 9.55. The number of hydrogen-bond donors (Lipinski definition) is 1. The van der Waals surface area contributed by atoms with Gasteiger partial charge in [0.25, 0.3) is 0 Å². The Labute approximate surface area is 193 Å². The topological polar surface area (TPSA) is 57.1 Å². The minimum atomic E-state index is -0.397. The van der Waals surface area contributed by atoms with Gasteiger partial charge in [-0.3, -0.25) is 9.79 Å². The lowest BCUT2D eigenvalue weighted by Crippen LogP contribution is -2.44. The second-order valence-corrected chi connectivity index (χ2v) is 9.60. The highest BCUT2D eigenvalue weighted by atomic mass is 35.5. The minimum Gasteiger partial charge on any atom is -0.325 e. The molecule has 2 aliphatic rings. The molecule has 0 aromatic heterocycles. The predicted octanol–water partition coefficient (Wildman–Crippen LogP) is 5.11. The van der Waals surface area contributed by atoms with Gasteiger partial charge in [-0.25, -0.2) is 4.99 Å². The van der Waals surface area contributed by atoms with E-state index in [1.165, 1.54) is 11.8 Å². The number of anilines is 1. The zero-order valence-corrected chi connectivity index (χ0v) is 19.4. The zero-order valence-electron chi connectivity index (χ0n) is 17.8. The molecule has 162 valence electrons. The number of benzene rings is 2. The lowest BCUT2D eigenvalue weighted by atomic mass is 9.97. The fraction of sp³-hybridized carbons (Fsp3) is 0.375. The molecule has 1 N–H and O–H groups in total. The highest BCUT2D eigenvalue weighted by molar-refractivity contribution is 8.16. The van der Waals surface area contributed by atoms with Crippen molar-refractivity contribution in [2.75, 3.05) is 24.2 Å². The summed E-state index contributed by atoms with van der Waals surface area (Å²) in [5, 5.41) is 4.42. The molecule has 1 fully saturated rings. The monoisotopic (exact) mass is 454 g/mol. The molecular weight excluding hydrogens is 428 g/mol. The third-order valence-electron chi connectivity index (χ3n) is 5.68. The van der Waals surface area contributed by atoms with Gasteiger partial charge in [-0.1, -0.05) is 53.7 Å². The summed E-state index contributed by atoms with van der Waals surface area (Å²) in [4.78, 5) is 25.2. The first kappa shape index (κ1) is 22.1. The van der Waals surface area contributed by atoms with Crippen molar-refractivity contribution < 1.29 is 4.79 Å². The van der Waals surface area contributed by atoms with E-state index in [1.807, 2.05) is 18.2 Å². The molecule has 4 rings (SSSR count). The van der Waals surface area contributed by atoms with Crippen molar-refractivity contribution in [2.45, 2.75) is 38.4 Å². The number of carbonyl (C=O) groups excluding carboxylic acids is 1. The van der Waals surface area contributed by atoms with E-state index in [4.69, 9.17) is 21.6 Å². The van der Waals surface area contributed by atoms with E-state index < -0.39 is 5.66 Å². The standard InChI is InChI=1S/C24H27ClN4OS/c1-17(2)29-14-12-24(13-15-29)27-22(18-6-4-3-5-7-18)23(28-24)31-16-21(30)26-20-10-8-19(25)9-11-20/h3-11,17H,12-16H2,1-2H3,(H,26,30). The Bertz CT molecular complexity index is 980. The number of nitrogens with zero attached hydrogens (tertiary/aromatic N) is 3. The molecule has 2 aromatic rings. The first-order valence-electron chi connectivity index (χ1n) is 10.6. The maximum absolute atomic E-state index is 12.5. The number of carbonyl (C=O) groups is 1. The molecule has 2 heterocycles. The van der Waals surface area contributed by atoms with E-state index in [0.29, 0.717) is 11.1 Å². The first-order chi connectivity index (χ1) is 14.9. The van der Waals surface area contributed by atoms with Gasteiger partial charge in [-0.2, -0.15) is 0 Å². The van der Waals surface area contributed by atoms with Crippen LogP contribution in [0.15, 0.2) is 64.6 Å². The number of aliphatic imine (C=N–C) groups is 2. The SMILES string of the molecule is CC(C)N1CCC2(CC1)N=C(SCC(=O)Nc1ccc(Cl)cc1)C(c1ccccc1)=N2. The van der Waals surface area contributed by atoms with Crippen LogP contribution < -0.4 is 5.32 Å². The van der Waals surface area contributed by atoms with Crippen LogP contribution in [0.4, 0.5) is 5.69 Å². The van der Waals surface area contributed by atoms with E-state index >= 15 is 0 Å². The summed E-state index contributed by atoms with van der Waals surface area (Å²) in [6, 6.07) is 17.8. The van der Waals surface area contributed by atoms with Gasteiger partial charge in [0.2, 0.25) is 5.91 Å². The van der Waals surface area contributed by atoms with Crippen LogP contribution in [-0.2, 0) is 4.79 Å². The smallest absolute Gasteiger partial charge is 0.234 e. The van der Waals surface area contributed by atoms with Crippen LogP contribution in [0, 0.1) is 0 Å². The van der Waals surface area contributed by atoms with Crippen LogP contribution in [-0.4, -0.2) is 52.1 Å². The second-order valence-electron chi connectivity index (χ2n) is 8.20. The highest BCUT2D eigenvalue weighted by Crippen LogP contribution is 2.36. The summed E-state index contributed by atoms with van der Waals surface area (Å²) >= 11 is 7.38. The molecule has 0 unspecified atom stereocenters. The van der Waals surface area contributed by atoms with Gasteiger partial charge in [0, 0.05) is 48.2 Å². The molecule has 0 atom stereocenters. The van der Waals surface area contributed by atoms with Crippen molar-refractivity contribution >= 4 is 45.7 Å². The van der Waals surface area contributed by atoms with Crippen LogP contribution in [0.1, 0.15) is 32.3 Å². The molecule has 0 saturated carbocycles. The zero-order chi connectivity index (χ0) is 21.8. The van der Waals surface area contributed by atoms with E-state index in [-0.39, 0.29) is 11.7 Å². The Hall–Kier alpha value is -2.15. The Kier molecular flexibility index (Phi) is 6.80. The molecule has 0 bridgehead atoms. The molecule has 2 aliphatic heterocycles. The van der Waals surface area contributed by atoms with Crippen molar-refractivity contribution in [1.82, 2.24) is 4.90 Å². The van der Waals surface area contributed by atoms with Gasteiger partial charge in [0.15, 0.2) is 5.66 Å². The molecule has 1 spiro atoms. The van der Waals surface area contributed by atoms with Crippen molar-refractivity contribution in [3.63, 3.8) is 0 Å². The van der Waals surface area contributed by atoms with Gasteiger partial charge in [0.05, 0.1) is 11.5 Å². The van der Waals surface area contributed by atoms with E-state index in [9.17, 15) is 4.79 Å². The fourth-order valence-corrected chi connectivity index (χ4v) is 4.89. The first-order valence-corrected chi connectivity index (χ1v) is 12.0. The highest BCUT2D eigenvalue weighted by Gasteiger charge is 2.40. The Balaban J connectivity index is 1.48. The van der Waals surface area contributed by atoms with Crippen molar-refractivity contribution in [3.05, 3.63) is 65.2 Å². The minimum absolute atomic E-state index is 0.0713. The fourth-order valence-electron chi connectivity index (χ4n) is 3.89. The quantitative estimate of drug-likeness (QED) is 0.682. The van der Waals surface area contributed by atoms with E-state index in [0.717, 1.165) is 47.9 Å². The third-order valence-corrected chi connectivity index (χ3v) is 6.89. The van der Waals surface area contributed by atoms with Gasteiger partial charge >= 0.3 is 0 Å². The Morgan fingerprint density at radius 1 is 1.10 bits per heavy atom. The number of nitrogens with one attached hydrogen (secondary N) is 1. The van der Waals surface area contributed by atoms with E-state index in [1.54, 1.807) is 24.3 Å². The van der Waals surface area contributed by atoms with Crippen LogP contribution in [0.25, 0.3) is 0 Å². The summed E-state index contributed by atoms with van der Waals surface area (Å²) in [5.41, 5.74) is 2.29. The lowest BCUT2D eigenvalue weighted by molar-refractivity contribution is -0.113. The van der Waals surface area contributed by atoms with Crippen LogP contribution in [0.3, 0.4) is 0 Å². The number of amides is 1. The molecular formula is C24H27ClN4OS. The number of rotatable bonds is 5. The summed E-state index contributed by atoms with van der Waals surface area (Å²) < 4.78 is 0. The largest absolute Gasteiger partial charge is 0.325 e. The van der Waals surface area contributed by atoms with Gasteiger partial charge in [0.1, 0.15) is 5.04 Å². The molecule has 0 aliphatic carbocycles. The Morgan fingerprint density at radius 3 is 2.42 bits per heavy atom. The third kappa shape index (κ3) is 5.37. The van der Waals surface area contributed by atoms with Crippen molar-refractivity contribution in [1.29, 1.82) is 0 Å². The number of thioether (sulfide) groups is 1. The number of likely N-dealkylation sites (tertiary alicyclic amines) is 1. The number of piperidine rings is 1. The molecule has 0 radical (unpaired) electrons. The predicted molar refractivity (Wildman–Crippen MR) is 132 cm³/mol. The molecule has 31 heavy (non-hydrogen) atoms. The summed E-state index contributed by atoms with van der Waals surface area (Å²) in [7, 11) is 0. The van der Waals surface area contributed by atoms with Gasteiger partial charge in [-0.15, -0.1) is 0 Å². The summed E-state index contributed by atoms with van der Waals surface area (Å²) in [6.45, 7) is 6.44. The van der Waals surface area contributed by atoms with Crippen LogP contribution in [0.5, 0.6) is 0 Å². The van der Waals surface area contributed by atoms with Gasteiger partial charge < -0.3 is 10.2 Å². The lowest BCUT2D eigenvalue weighted by Gasteiger charge is -2.37. The molecule has 5 nitrogen and oxygen atoms in total. The van der Waals surface area contributed by atoms with Crippen molar-refractivity contribution in [2.24, 2.45) is 9.98 Å². The van der Waals surface area contributed by atoms with E-state index in [2.05, 4.69) is 36.2 Å². The normalized spacial score (nSPS) is 18.2. The summed E-state index contributed by atoms with van der Waals surface area (Å²) in [6.07, 6.45) is 1.81. The number of hydrogen-bond acceptors (Lipinski definition) is 5. The van der Waals surface area contributed by atoms with Crippen molar-refractivity contribution in [3.8, 4) is 0 Å². The molecule has 2 aromatic carbocycles. The van der Waals surface area contributed by atoms with Gasteiger partial charge in [-0.05, 0) is 38.1 Å². The average molecular weight is 455 g/mol.